The molecule has 166 valence electrons. The summed E-state index contributed by atoms with van der Waals surface area (Å²) in [6, 6.07) is -2.93. The van der Waals surface area contributed by atoms with Crippen LogP contribution in [0, 0.1) is 0 Å². The summed E-state index contributed by atoms with van der Waals surface area (Å²) in [5, 5.41) is 30.2. The van der Waals surface area contributed by atoms with Crippen LogP contribution in [0.1, 0.15) is 26.7 Å². The van der Waals surface area contributed by atoms with Gasteiger partial charge in [0.2, 0.25) is 23.6 Å². The normalized spacial score (nSPS) is 26.2. The van der Waals surface area contributed by atoms with Gasteiger partial charge in [-0.25, -0.2) is 0 Å². The van der Waals surface area contributed by atoms with E-state index >= 15 is 0 Å². The van der Waals surface area contributed by atoms with Crippen LogP contribution in [0.2, 0.25) is 0 Å². The fourth-order valence-electron chi connectivity index (χ4n) is 2.67. The third-order valence-corrected chi connectivity index (χ3v) is 4.27. The highest BCUT2D eigenvalue weighted by Crippen LogP contribution is 2.06. The van der Waals surface area contributed by atoms with E-state index in [4.69, 9.17) is 0 Å². The minimum atomic E-state index is -1.31. The first kappa shape index (κ1) is 25.1. The Morgan fingerprint density at radius 1 is 1.37 bits per heavy atom. The molecule has 0 aromatic heterocycles. The van der Waals surface area contributed by atoms with Crippen LogP contribution >= 0.6 is 0 Å². The number of amides is 4. The van der Waals surface area contributed by atoms with Crippen LogP contribution in [0.5, 0.6) is 0 Å². The van der Waals surface area contributed by atoms with E-state index in [0.29, 0.717) is 0 Å². The molecule has 0 saturated heterocycles. The predicted molar refractivity (Wildman–Crippen MR) is 110 cm³/mol. The molecule has 1 aliphatic rings. The van der Waals surface area contributed by atoms with Gasteiger partial charge < -0.3 is 31.5 Å². The van der Waals surface area contributed by atoms with Gasteiger partial charge in [0.05, 0.1) is 12.2 Å². The highest BCUT2D eigenvalue weighted by atomic mass is 16.3. The van der Waals surface area contributed by atoms with Crippen molar-refractivity contribution in [2.45, 2.75) is 57.0 Å². The summed E-state index contributed by atoms with van der Waals surface area (Å²) < 4.78 is 0. The van der Waals surface area contributed by atoms with Crippen LogP contribution < -0.4 is 21.3 Å². The van der Waals surface area contributed by atoms with Crippen molar-refractivity contribution in [2.24, 2.45) is 0 Å². The number of aliphatic hydroxyl groups excluding tert-OH is 2. The average Bonchev–Trinajstić information content (AvgIpc) is 2.67. The van der Waals surface area contributed by atoms with Gasteiger partial charge in [0, 0.05) is 31.2 Å². The van der Waals surface area contributed by atoms with Gasteiger partial charge in [-0.2, -0.15) is 0 Å². The maximum absolute atomic E-state index is 12.7. The number of carbonyl (C=O) groups excluding carboxylic acids is 4. The minimum absolute atomic E-state index is 0.110. The van der Waals surface area contributed by atoms with E-state index in [1.807, 2.05) is 0 Å². The van der Waals surface area contributed by atoms with Crippen molar-refractivity contribution in [3.63, 3.8) is 0 Å². The SMILES string of the molecule is C=C/C=C/C(=O)N[C@H](C(=O)N[C@H]1C[C@H](O)CCNC(=O)/C=C\[C@H](C)NC1=O)[C@H](C)O. The van der Waals surface area contributed by atoms with Crippen LogP contribution in [-0.4, -0.2) is 70.7 Å². The van der Waals surface area contributed by atoms with Crippen molar-refractivity contribution in [3.8, 4) is 0 Å². The van der Waals surface area contributed by atoms with Gasteiger partial charge in [-0.05, 0) is 20.3 Å². The van der Waals surface area contributed by atoms with Gasteiger partial charge in [-0.3, -0.25) is 19.2 Å². The van der Waals surface area contributed by atoms with Crippen LogP contribution in [0.4, 0.5) is 0 Å². The third kappa shape index (κ3) is 9.01. The monoisotopic (exact) mass is 422 g/mol. The Bertz CT molecular complexity index is 703. The Balaban J connectivity index is 2.95. The molecule has 0 aromatic rings. The number of aliphatic hydroxyl groups is 2. The quantitative estimate of drug-likeness (QED) is 0.224. The first-order chi connectivity index (χ1) is 14.1. The van der Waals surface area contributed by atoms with Crippen molar-refractivity contribution in [1.82, 2.24) is 21.3 Å². The van der Waals surface area contributed by atoms with Gasteiger partial charge >= 0.3 is 0 Å². The lowest BCUT2D eigenvalue weighted by Gasteiger charge is -2.26. The number of carbonyl (C=O) groups is 4. The second-order valence-electron chi connectivity index (χ2n) is 7.01. The molecule has 10 heteroatoms. The van der Waals surface area contributed by atoms with E-state index in [2.05, 4.69) is 27.8 Å². The Hall–Kier alpha value is -2.98. The van der Waals surface area contributed by atoms with Crippen LogP contribution in [0.15, 0.2) is 37.0 Å². The lowest BCUT2D eigenvalue weighted by molar-refractivity contribution is -0.134. The van der Waals surface area contributed by atoms with E-state index in [0.717, 1.165) is 6.08 Å². The molecule has 6 N–H and O–H groups in total. The van der Waals surface area contributed by atoms with Crippen molar-refractivity contribution in [3.05, 3.63) is 37.0 Å². The molecule has 0 spiro atoms. The molecule has 0 bridgehead atoms. The van der Waals surface area contributed by atoms with Gasteiger partial charge in [0.25, 0.3) is 0 Å². The zero-order valence-corrected chi connectivity index (χ0v) is 17.1. The molecule has 0 radical (unpaired) electrons. The smallest absolute Gasteiger partial charge is 0.245 e. The van der Waals surface area contributed by atoms with E-state index in [9.17, 15) is 29.4 Å². The van der Waals surface area contributed by atoms with E-state index in [-0.39, 0.29) is 25.3 Å². The van der Waals surface area contributed by atoms with Crippen LogP contribution in [-0.2, 0) is 19.2 Å². The maximum Gasteiger partial charge on any atom is 0.245 e. The summed E-state index contributed by atoms with van der Waals surface area (Å²) in [4.78, 5) is 48.7. The summed E-state index contributed by atoms with van der Waals surface area (Å²) in [6.45, 7) is 6.61. The van der Waals surface area contributed by atoms with E-state index in [1.165, 1.54) is 31.2 Å². The van der Waals surface area contributed by atoms with Gasteiger partial charge in [-0.1, -0.05) is 24.8 Å². The molecule has 0 saturated carbocycles. The van der Waals surface area contributed by atoms with Crippen LogP contribution in [0.25, 0.3) is 0 Å². The number of allylic oxidation sites excluding steroid dienone is 2. The molecule has 0 aliphatic carbocycles. The molecular weight excluding hydrogens is 392 g/mol. The zero-order valence-electron chi connectivity index (χ0n) is 17.1. The Labute approximate surface area is 175 Å². The van der Waals surface area contributed by atoms with Crippen molar-refractivity contribution in [2.75, 3.05) is 6.54 Å². The zero-order chi connectivity index (χ0) is 22.7. The van der Waals surface area contributed by atoms with E-state index < -0.39 is 48.1 Å². The number of nitrogens with one attached hydrogen (secondary N) is 4. The van der Waals surface area contributed by atoms with Crippen molar-refractivity contribution < 1.29 is 29.4 Å². The Kier molecular flexibility index (Phi) is 10.5. The number of hydrogen-bond acceptors (Lipinski definition) is 6. The molecule has 5 atom stereocenters. The second-order valence-corrected chi connectivity index (χ2v) is 7.01. The summed E-state index contributed by atoms with van der Waals surface area (Å²) in [5.41, 5.74) is 0. The fraction of sp³-hybridized carbons (Fsp3) is 0.500. The second kappa shape index (κ2) is 12.6. The summed E-state index contributed by atoms with van der Waals surface area (Å²) in [7, 11) is 0. The first-order valence-corrected chi connectivity index (χ1v) is 9.66. The molecule has 10 nitrogen and oxygen atoms in total. The molecule has 1 rings (SSSR count). The molecule has 30 heavy (non-hydrogen) atoms. The summed E-state index contributed by atoms with van der Waals surface area (Å²) >= 11 is 0. The van der Waals surface area contributed by atoms with Gasteiger partial charge in [0.15, 0.2) is 0 Å². The van der Waals surface area contributed by atoms with Crippen LogP contribution in [0.3, 0.4) is 0 Å². The molecule has 1 aliphatic heterocycles. The maximum atomic E-state index is 12.7. The largest absolute Gasteiger partial charge is 0.393 e. The number of hydrogen-bond donors (Lipinski definition) is 6. The molecule has 4 amide bonds. The molecule has 1 heterocycles. The van der Waals surface area contributed by atoms with Crippen molar-refractivity contribution >= 4 is 23.6 Å². The Morgan fingerprint density at radius 2 is 2.07 bits per heavy atom. The van der Waals surface area contributed by atoms with E-state index in [1.54, 1.807) is 6.92 Å². The highest BCUT2D eigenvalue weighted by molar-refractivity contribution is 5.95. The van der Waals surface area contributed by atoms with Gasteiger partial charge in [-0.15, -0.1) is 0 Å². The lowest BCUT2D eigenvalue weighted by atomic mass is 10.0. The fourth-order valence-corrected chi connectivity index (χ4v) is 2.67. The topological polar surface area (TPSA) is 157 Å². The standard InChI is InChI=1S/C20H30N4O6/c1-4-5-6-17(28)24-18(13(3)25)20(30)23-15-11-14(26)9-10-21-16(27)8-7-12(2)22-19(15)29/h4-8,12-15,18,25-26H,1,9-11H2,2-3H3,(H,21,27)(H,22,29)(H,23,30)(H,24,28)/b6-5+,8-7-/t12-,13-,14+,15-,18-/m0/s1. The third-order valence-electron chi connectivity index (χ3n) is 4.27. The average molecular weight is 422 g/mol. The molecular formula is C20H30N4O6. The predicted octanol–water partition coefficient (Wildman–Crippen LogP) is -1.59. The van der Waals surface area contributed by atoms with Gasteiger partial charge in [0.1, 0.15) is 12.1 Å². The minimum Gasteiger partial charge on any atom is -0.393 e. The Morgan fingerprint density at radius 3 is 2.70 bits per heavy atom. The molecule has 0 fully saturated rings. The lowest BCUT2D eigenvalue weighted by Crippen LogP contribution is -2.58. The molecule has 0 aromatic carbocycles. The summed E-state index contributed by atoms with van der Waals surface area (Å²) in [5.74, 6) is -2.30. The van der Waals surface area contributed by atoms with Crippen molar-refractivity contribution in [1.29, 1.82) is 0 Å². The number of rotatable bonds is 6. The first-order valence-electron chi connectivity index (χ1n) is 9.66. The molecule has 0 unspecified atom stereocenters. The summed E-state index contributed by atoms with van der Waals surface area (Å²) in [6.07, 6.45) is 4.53. The highest BCUT2D eigenvalue weighted by Gasteiger charge is 2.31.